The summed E-state index contributed by atoms with van der Waals surface area (Å²) in [5.41, 5.74) is -0.472. The molecule has 2 atom stereocenters. The van der Waals surface area contributed by atoms with E-state index in [9.17, 15) is 4.79 Å². The fourth-order valence-corrected chi connectivity index (χ4v) is 3.58. The fraction of sp³-hybridized carbons (Fsp3) is 0.800. The van der Waals surface area contributed by atoms with Crippen LogP contribution in [0.25, 0.3) is 0 Å². The zero-order chi connectivity index (χ0) is 15.7. The molecular weight excluding hydrogens is 284 g/mol. The molecule has 122 valence electrons. The average Bonchev–Trinajstić information content (AvgIpc) is 3.05. The molecule has 1 aliphatic heterocycles. The fourth-order valence-electron chi connectivity index (χ4n) is 3.58. The first-order chi connectivity index (χ1) is 10.5. The topological polar surface area (TPSA) is 80.5 Å². The summed E-state index contributed by atoms with van der Waals surface area (Å²) in [6.07, 6.45) is 3.76. The second kappa shape index (κ2) is 5.96. The van der Waals surface area contributed by atoms with Gasteiger partial charge in [0.15, 0.2) is 5.82 Å². The van der Waals surface area contributed by atoms with E-state index in [0.717, 1.165) is 38.8 Å². The molecule has 2 heterocycles. The molecule has 0 spiro atoms. The molecular formula is C15H24N4O3. The van der Waals surface area contributed by atoms with Crippen molar-refractivity contribution in [3.05, 3.63) is 11.7 Å². The Labute approximate surface area is 130 Å². The summed E-state index contributed by atoms with van der Waals surface area (Å²) in [6, 6.07) is 0. The number of nitrogens with one attached hydrogen (secondary N) is 1. The van der Waals surface area contributed by atoms with Crippen molar-refractivity contribution in [2.75, 3.05) is 20.1 Å². The van der Waals surface area contributed by atoms with Gasteiger partial charge in [0.25, 0.3) is 5.89 Å². The molecule has 0 aromatic carbocycles. The molecule has 7 nitrogen and oxygen atoms in total. The lowest BCUT2D eigenvalue weighted by Gasteiger charge is -2.32. The highest BCUT2D eigenvalue weighted by molar-refractivity contribution is 5.74. The Kier molecular flexibility index (Phi) is 4.18. The Bertz CT molecular complexity index is 529. The molecule has 1 aromatic heterocycles. The molecule has 2 fully saturated rings. The van der Waals surface area contributed by atoms with Gasteiger partial charge in [-0.2, -0.15) is 4.98 Å². The van der Waals surface area contributed by atoms with E-state index in [1.807, 2.05) is 6.92 Å². The normalized spacial score (nSPS) is 28.7. The van der Waals surface area contributed by atoms with Crippen LogP contribution in [0.3, 0.4) is 0 Å². The third-order valence-corrected chi connectivity index (χ3v) is 4.46. The smallest absolute Gasteiger partial charge is 0.257 e. The van der Waals surface area contributed by atoms with Crippen LogP contribution in [0, 0.1) is 0 Å². The molecule has 3 rings (SSSR count). The lowest BCUT2D eigenvalue weighted by molar-refractivity contribution is -0.121. The molecule has 1 saturated heterocycles. The number of morpholine rings is 1. The van der Waals surface area contributed by atoms with Gasteiger partial charge in [0.2, 0.25) is 5.91 Å². The van der Waals surface area contributed by atoms with Crippen LogP contribution >= 0.6 is 0 Å². The van der Waals surface area contributed by atoms with Crippen LogP contribution in [0.4, 0.5) is 0 Å². The lowest BCUT2D eigenvalue weighted by atomic mass is 9.96. The van der Waals surface area contributed by atoms with Gasteiger partial charge < -0.3 is 19.5 Å². The van der Waals surface area contributed by atoms with Gasteiger partial charge in [-0.25, -0.2) is 0 Å². The minimum Gasteiger partial charge on any atom is -0.363 e. The summed E-state index contributed by atoms with van der Waals surface area (Å²) in [5, 5.41) is 7.18. The zero-order valence-corrected chi connectivity index (χ0v) is 13.5. The number of carbonyl (C=O) groups is 1. The third kappa shape index (κ3) is 3.01. The molecule has 1 aliphatic carbocycles. The van der Waals surface area contributed by atoms with Gasteiger partial charge in [0, 0.05) is 20.0 Å². The Balaban J connectivity index is 1.81. The number of amides is 1. The molecule has 0 bridgehead atoms. The first-order valence-corrected chi connectivity index (χ1v) is 7.95. The first-order valence-electron chi connectivity index (χ1n) is 7.95. The van der Waals surface area contributed by atoms with E-state index in [1.54, 1.807) is 0 Å². The number of hydrogen-bond donors (Lipinski definition) is 1. The summed E-state index contributed by atoms with van der Waals surface area (Å²) in [6.45, 7) is 5.20. The summed E-state index contributed by atoms with van der Waals surface area (Å²) in [4.78, 5) is 18.3. The number of likely N-dealkylation sites (N-methyl/N-ethyl adjacent to an activating group) is 1. The highest BCUT2D eigenvalue weighted by Gasteiger charge is 2.41. The summed E-state index contributed by atoms with van der Waals surface area (Å²) in [7, 11) is 2.05. The molecule has 0 radical (unpaired) electrons. The second-order valence-electron chi connectivity index (χ2n) is 6.58. The molecule has 1 aromatic rings. The highest BCUT2D eigenvalue weighted by atomic mass is 16.5. The van der Waals surface area contributed by atoms with E-state index in [0.29, 0.717) is 11.7 Å². The predicted molar refractivity (Wildman–Crippen MR) is 79.0 cm³/mol. The van der Waals surface area contributed by atoms with Gasteiger partial charge in [-0.05, 0) is 26.8 Å². The van der Waals surface area contributed by atoms with Crippen molar-refractivity contribution in [3.8, 4) is 0 Å². The van der Waals surface area contributed by atoms with Crippen LogP contribution in [0.5, 0.6) is 0 Å². The Morgan fingerprint density at radius 2 is 2.09 bits per heavy atom. The van der Waals surface area contributed by atoms with Crippen molar-refractivity contribution < 1.29 is 14.1 Å². The van der Waals surface area contributed by atoms with Gasteiger partial charge in [-0.1, -0.05) is 18.0 Å². The number of carbonyl (C=O) groups excluding carboxylic acids is 1. The molecule has 0 unspecified atom stereocenters. The maximum atomic E-state index is 11.5. The lowest BCUT2D eigenvalue weighted by Crippen LogP contribution is -2.43. The minimum absolute atomic E-state index is 0.0597. The van der Waals surface area contributed by atoms with E-state index in [-0.39, 0.29) is 18.1 Å². The van der Waals surface area contributed by atoms with Crippen molar-refractivity contribution >= 4 is 5.91 Å². The van der Waals surface area contributed by atoms with Crippen LogP contribution in [-0.4, -0.2) is 47.2 Å². The van der Waals surface area contributed by atoms with Crippen LogP contribution in [0.1, 0.15) is 57.3 Å². The van der Waals surface area contributed by atoms with Crippen LogP contribution < -0.4 is 5.32 Å². The average molecular weight is 308 g/mol. The largest absolute Gasteiger partial charge is 0.363 e. The van der Waals surface area contributed by atoms with Gasteiger partial charge in [0.1, 0.15) is 11.6 Å². The standard InChI is InChI=1S/C15H24N4O3/c1-10-8-19(3)9-12(21-10)13-16-14(18-22-13)15(17-11(2)20)6-4-5-7-15/h10,12H,4-9H2,1-3H3,(H,17,20)/t10-,12-/m1/s1. The van der Waals surface area contributed by atoms with Gasteiger partial charge >= 0.3 is 0 Å². The number of nitrogens with zero attached hydrogens (tertiary/aromatic N) is 3. The maximum Gasteiger partial charge on any atom is 0.257 e. The molecule has 22 heavy (non-hydrogen) atoms. The van der Waals surface area contributed by atoms with Crippen molar-refractivity contribution in [2.45, 2.75) is 57.3 Å². The van der Waals surface area contributed by atoms with Crippen molar-refractivity contribution in [3.63, 3.8) is 0 Å². The highest BCUT2D eigenvalue weighted by Crippen LogP contribution is 2.38. The number of aromatic nitrogens is 2. The Morgan fingerprint density at radius 1 is 1.36 bits per heavy atom. The molecule has 2 aliphatic rings. The number of hydrogen-bond acceptors (Lipinski definition) is 6. The third-order valence-electron chi connectivity index (χ3n) is 4.46. The predicted octanol–water partition coefficient (Wildman–Crippen LogP) is 1.37. The van der Waals surface area contributed by atoms with Crippen molar-refractivity contribution in [1.82, 2.24) is 20.4 Å². The molecule has 1 N–H and O–H groups in total. The monoisotopic (exact) mass is 308 g/mol. The SMILES string of the molecule is CC(=O)NC1(c2noc([C@H]3CN(C)C[C@@H](C)O3)n2)CCCC1. The van der Waals surface area contributed by atoms with Crippen molar-refractivity contribution in [2.24, 2.45) is 0 Å². The minimum atomic E-state index is -0.472. The second-order valence-corrected chi connectivity index (χ2v) is 6.58. The van der Waals surface area contributed by atoms with E-state index >= 15 is 0 Å². The van der Waals surface area contributed by atoms with E-state index in [4.69, 9.17) is 9.26 Å². The maximum absolute atomic E-state index is 11.5. The van der Waals surface area contributed by atoms with E-state index in [1.165, 1.54) is 6.92 Å². The summed E-state index contributed by atoms with van der Waals surface area (Å²) in [5.74, 6) is 1.03. The molecule has 1 saturated carbocycles. The van der Waals surface area contributed by atoms with Crippen molar-refractivity contribution in [1.29, 1.82) is 0 Å². The van der Waals surface area contributed by atoms with E-state index in [2.05, 4.69) is 27.4 Å². The number of ether oxygens (including phenoxy) is 1. The molecule has 1 amide bonds. The Morgan fingerprint density at radius 3 is 2.73 bits per heavy atom. The summed E-state index contributed by atoms with van der Waals surface area (Å²) < 4.78 is 11.4. The Hall–Kier alpha value is -1.47. The van der Waals surface area contributed by atoms with Crippen LogP contribution in [0.2, 0.25) is 0 Å². The summed E-state index contributed by atoms with van der Waals surface area (Å²) >= 11 is 0. The van der Waals surface area contributed by atoms with Crippen LogP contribution in [-0.2, 0) is 15.1 Å². The quantitative estimate of drug-likeness (QED) is 0.908. The van der Waals surface area contributed by atoms with Gasteiger partial charge in [-0.3, -0.25) is 4.79 Å². The zero-order valence-electron chi connectivity index (χ0n) is 13.5. The van der Waals surface area contributed by atoms with Crippen LogP contribution in [0.15, 0.2) is 4.52 Å². The molecule has 7 heteroatoms. The van der Waals surface area contributed by atoms with E-state index < -0.39 is 5.54 Å². The number of rotatable bonds is 3. The van der Waals surface area contributed by atoms with Gasteiger partial charge in [-0.15, -0.1) is 0 Å². The first kappa shape index (κ1) is 15.4. The van der Waals surface area contributed by atoms with Gasteiger partial charge in [0.05, 0.1) is 6.10 Å².